The van der Waals surface area contributed by atoms with Crippen molar-refractivity contribution in [3.8, 4) is 0 Å². The van der Waals surface area contributed by atoms with E-state index in [1.165, 1.54) is 4.90 Å². The van der Waals surface area contributed by atoms with Crippen molar-refractivity contribution in [2.75, 3.05) is 18.4 Å². The zero-order valence-corrected chi connectivity index (χ0v) is 9.87. The van der Waals surface area contributed by atoms with Crippen LogP contribution in [0.25, 0.3) is 0 Å². The highest BCUT2D eigenvalue weighted by atomic mass is 16.4. The first-order valence-electron chi connectivity index (χ1n) is 5.85. The van der Waals surface area contributed by atoms with Crippen LogP contribution in [-0.2, 0) is 4.79 Å². The van der Waals surface area contributed by atoms with Crippen molar-refractivity contribution in [2.45, 2.75) is 12.8 Å². The van der Waals surface area contributed by atoms with Crippen LogP contribution < -0.4 is 5.32 Å². The zero-order valence-electron chi connectivity index (χ0n) is 9.87. The normalized spacial score (nSPS) is 19.3. The predicted octanol–water partition coefficient (Wildman–Crippen LogP) is 1.41. The average Bonchev–Trinajstić information content (AvgIpc) is 2.40. The third-order valence-corrected chi connectivity index (χ3v) is 2.97. The molecular formula is C12H15N3O3. The van der Waals surface area contributed by atoms with E-state index in [1.54, 1.807) is 24.5 Å². The number of carbonyl (C=O) groups is 2. The molecule has 0 spiro atoms. The summed E-state index contributed by atoms with van der Waals surface area (Å²) in [6, 6.07) is 3.20. The summed E-state index contributed by atoms with van der Waals surface area (Å²) in [5, 5.41) is 11.7. The number of amides is 2. The molecule has 2 N–H and O–H groups in total. The number of pyridine rings is 1. The summed E-state index contributed by atoms with van der Waals surface area (Å²) in [5.74, 6) is -1.30. The monoisotopic (exact) mass is 249 g/mol. The minimum absolute atomic E-state index is 0.265. The molecule has 1 aliphatic rings. The topological polar surface area (TPSA) is 82.5 Å². The number of urea groups is 1. The summed E-state index contributed by atoms with van der Waals surface area (Å²) in [5.41, 5.74) is 0.611. The Balaban J connectivity index is 1.95. The Hall–Kier alpha value is -2.11. The number of rotatable bonds is 2. The number of hydrogen-bond acceptors (Lipinski definition) is 3. The molecule has 0 bridgehead atoms. The quantitative estimate of drug-likeness (QED) is 0.830. The van der Waals surface area contributed by atoms with Crippen LogP contribution in [0.2, 0.25) is 0 Å². The number of likely N-dealkylation sites (tertiary alicyclic amines) is 1. The molecule has 0 unspecified atom stereocenters. The first-order valence-corrected chi connectivity index (χ1v) is 5.85. The lowest BCUT2D eigenvalue weighted by molar-refractivity contribution is -0.143. The van der Waals surface area contributed by atoms with Gasteiger partial charge >= 0.3 is 12.0 Å². The number of carboxylic acid groups (broad SMARTS) is 1. The number of aromatic nitrogens is 1. The lowest BCUT2D eigenvalue weighted by Gasteiger charge is -2.30. The van der Waals surface area contributed by atoms with E-state index in [9.17, 15) is 9.59 Å². The average molecular weight is 249 g/mol. The first kappa shape index (κ1) is 12.3. The number of piperidine rings is 1. The van der Waals surface area contributed by atoms with E-state index in [2.05, 4.69) is 10.3 Å². The van der Waals surface area contributed by atoms with Crippen molar-refractivity contribution >= 4 is 17.7 Å². The molecule has 2 amide bonds. The van der Waals surface area contributed by atoms with Gasteiger partial charge in [-0.3, -0.25) is 9.78 Å². The Labute approximate surface area is 105 Å². The second kappa shape index (κ2) is 5.48. The molecule has 1 saturated heterocycles. The van der Waals surface area contributed by atoms with Crippen LogP contribution in [0.15, 0.2) is 24.5 Å². The molecule has 96 valence electrons. The molecule has 1 aliphatic heterocycles. The van der Waals surface area contributed by atoms with Gasteiger partial charge in [-0.15, -0.1) is 0 Å². The number of carbonyl (C=O) groups excluding carboxylic acids is 1. The highest BCUT2D eigenvalue weighted by Gasteiger charge is 2.28. The van der Waals surface area contributed by atoms with Gasteiger partial charge in [0.05, 0.1) is 17.8 Å². The Morgan fingerprint density at radius 2 is 2.33 bits per heavy atom. The number of anilines is 1. The molecule has 0 radical (unpaired) electrons. The molecule has 0 saturated carbocycles. The van der Waals surface area contributed by atoms with Gasteiger partial charge in [0.15, 0.2) is 0 Å². The fourth-order valence-corrected chi connectivity index (χ4v) is 2.00. The molecule has 1 aromatic rings. The fraction of sp³-hybridized carbons (Fsp3) is 0.417. The highest BCUT2D eigenvalue weighted by Crippen LogP contribution is 2.17. The van der Waals surface area contributed by atoms with Gasteiger partial charge in [0.25, 0.3) is 0 Å². The van der Waals surface area contributed by atoms with Gasteiger partial charge in [-0.05, 0) is 25.0 Å². The molecular weight excluding hydrogens is 234 g/mol. The second-order valence-electron chi connectivity index (χ2n) is 4.30. The molecule has 1 atom stereocenters. The molecule has 2 rings (SSSR count). The molecule has 18 heavy (non-hydrogen) atoms. The predicted molar refractivity (Wildman–Crippen MR) is 65.2 cm³/mol. The van der Waals surface area contributed by atoms with Crippen LogP contribution in [0, 0.1) is 5.92 Å². The number of nitrogens with zero attached hydrogens (tertiary/aromatic N) is 2. The van der Waals surface area contributed by atoms with Crippen molar-refractivity contribution in [2.24, 2.45) is 5.92 Å². The van der Waals surface area contributed by atoms with Crippen molar-refractivity contribution in [1.29, 1.82) is 0 Å². The molecule has 1 fully saturated rings. The Bertz CT molecular complexity index is 435. The third kappa shape index (κ3) is 2.97. The van der Waals surface area contributed by atoms with Crippen LogP contribution in [0.4, 0.5) is 10.5 Å². The fourth-order valence-electron chi connectivity index (χ4n) is 2.00. The van der Waals surface area contributed by atoms with Crippen LogP contribution in [0.1, 0.15) is 12.8 Å². The van der Waals surface area contributed by atoms with Crippen LogP contribution in [0.5, 0.6) is 0 Å². The van der Waals surface area contributed by atoms with Gasteiger partial charge in [0.2, 0.25) is 0 Å². The number of carboxylic acids is 1. The maximum Gasteiger partial charge on any atom is 0.321 e. The summed E-state index contributed by atoms with van der Waals surface area (Å²) >= 11 is 0. The van der Waals surface area contributed by atoms with Crippen molar-refractivity contribution in [1.82, 2.24) is 9.88 Å². The van der Waals surface area contributed by atoms with Gasteiger partial charge in [-0.1, -0.05) is 0 Å². The number of aliphatic carboxylic acids is 1. The van der Waals surface area contributed by atoms with Crippen LogP contribution in [0.3, 0.4) is 0 Å². The molecule has 0 aliphatic carbocycles. The van der Waals surface area contributed by atoms with E-state index in [0.717, 1.165) is 6.42 Å². The van der Waals surface area contributed by atoms with Crippen molar-refractivity contribution in [3.05, 3.63) is 24.5 Å². The van der Waals surface area contributed by atoms with Gasteiger partial charge in [0, 0.05) is 19.3 Å². The largest absolute Gasteiger partial charge is 0.481 e. The first-order chi connectivity index (χ1) is 8.66. The van der Waals surface area contributed by atoms with Gasteiger partial charge in [-0.25, -0.2) is 4.79 Å². The van der Waals surface area contributed by atoms with Crippen LogP contribution >= 0.6 is 0 Å². The van der Waals surface area contributed by atoms with Gasteiger partial charge in [0.1, 0.15) is 0 Å². The van der Waals surface area contributed by atoms with E-state index in [4.69, 9.17) is 5.11 Å². The molecule has 1 aromatic heterocycles. The summed E-state index contributed by atoms with van der Waals surface area (Å²) in [7, 11) is 0. The number of nitrogens with one attached hydrogen (secondary N) is 1. The van der Waals surface area contributed by atoms with E-state index < -0.39 is 11.9 Å². The second-order valence-corrected chi connectivity index (χ2v) is 4.30. The van der Waals surface area contributed by atoms with E-state index in [-0.39, 0.29) is 12.6 Å². The third-order valence-electron chi connectivity index (χ3n) is 2.97. The Morgan fingerprint density at radius 1 is 1.50 bits per heavy atom. The van der Waals surface area contributed by atoms with E-state index in [1.807, 2.05) is 0 Å². The van der Waals surface area contributed by atoms with Crippen LogP contribution in [-0.4, -0.2) is 40.1 Å². The zero-order chi connectivity index (χ0) is 13.0. The van der Waals surface area contributed by atoms with E-state index >= 15 is 0 Å². The van der Waals surface area contributed by atoms with Crippen molar-refractivity contribution < 1.29 is 14.7 Å². The molecule has 2 heterocycles. The molecule has 6 heteroatoms. The lowest BCUT2D eigenvalue weighted by Crippen LogP contribution is -2.44. The molecule has 6 nitrogen and oxygen atoms in total. The SMILES string of the molecule is O=C(O)[C@H]1CCCN(C(=O)Nc2cccnc2)C1. The smallest absolute Gasteiger partial charge is 0.321 e. The highest BCUT2D eigenvalue weighted by molar-refractivity contribution is 5.89. The van der Waals surface area contributed by atoms with Gasteiger partial charge in [-0.2, -0.15) is 0 Å². The summed E-state index contributed by atoms with van der Waals surface area (Å²) in [6.07, 6.45) is 4.52. The Kier molecular flexibility index (Phi) is 3.76. The molecule has 0 aromatic carbocycles. The van der Waals surface area contributed by atoms with Crippen molar-refractivity contribution in [3.63, 3.8) is 0 Å². The maximum absolute atomic E-state index is 11.9. The standard InChI is InChI=1S/C12H15N3O3/c16-11(17)9-3-2-6-15(8-9)12(18)14-10-4-1-5-13-7-10/h1,4-5,7,9H,2-3,6,8H2,(H,14,18)(H,16,17)/t9-/m0/s1. The lowest BCUT2D eigenvalue weighted by atomic mass is 9.99. The summed E-state index contributed by atoms with van der Waals surface area (Å²) < 4.78 is 0. The minimum atomic E-state index is -0.839. The summed E-state index contributed by atoms with van der Waals surface area (Å²) in [4.78, 5) is 28.3. The summed E-state index contributed by atoms with van der Waals surface area (Å²) in [6.45, 7) is 0.858. The Morgan fingerprint density at radius 3 is 3.00 bits per heavy atom. The number of hydrogen-bond donors (Lipinski definition) is 2. The minimum Gasteiger partial charge on any atom is -0.481 e. The van der Waals surface area contributed by atoms with E-state index in [0.29, 0.717) is 18.7 Å². The maximum atomic E-state index is 11.9. The van der Waals surface area contributed by atoms with Gasteiger partial charge < -0.3 is 15.3 Å².